The molecule has 13 heavy (non-hydrogen) atoms. The molecular formula is C9H18N2O2. The van der Waals surface area contributed by atoms with Crippen LogP contribution in [0.15, 0.2) is 0 Å². The van der Waals surface area contributed by atoms with Crippen molar-refractivity contribution in [2.45, 2.75) is 6.42 Å². The molecule has 0 radical (unpaired) electrons. The van der Waals surface area contributed by atoms with E-state index in [-0.39, 0.29) is 12.5 Å². The van der Waals surface area contributed by atoms with Crippen LogP contribution in [0.4, 0.5) is 0 Å². The topological polar surface area (TPSA) is 43.8 Å². The Hall–Kier alpha value is -0.610. The van der Waals surface area contributed by atoms with Crippen LogP contribution in [0.2, 0.25) is 0 Å². The molecule has 0 saturated carbocycles. The van der Waals surface area contributed by atoms with Crippen molar-refractivity contribution in [1.82, 2.24) is 9.80 Å². The molecule has 0 aromatic rings. The van der Waals surface area contributed by atoms with Crippen LogP contribution in [0.3, 0.4) is 0 Å². The highest BCUT2D eigenvalue weighted by atomic mass is 16.3. The molecule has 1 saturated heterocycles. The van der Waals surface area contributed by atoms with Crippen molar-refractivity contribution >= 4 is 5.91 Å². The lowest BCUT2D eigenvalue weighted by Gasteiger charge is -2.19. The molecule has 0 aromatic heterocycles. The molecule has 1 heterocycles. The fraction of sp³-hybridized carbons (Fsp3) is 0.889. The fourth-order valence-electron chi connectivity index (χ4n) is 1.78. The minimum atomic E-state index is 0.188. The highest BCUT2D eigenvalue weighted by Gasteiger charge is 2.27. The van der Waals surface area contributed by atoms with Gasteiger partial charge in [-0.1, -0.05) is 0 Å². The molecule has 4 nitrogen and oxygen atoms in total. The van der Waals surface area contributed by atoms with Crippen LogP contribution in [0, 0.1) is 5.92 Å². The SMILES string of the molecule is CN(CCO)CC1CC(=O)N(C)C1. The molecule has 1 N–H and O–H groups in total. The molecule has 1 aliphatic heterocycles. The van der Waals surface area contributed by atoms with Crippen LogP contribution in [0.1, 0.15) is 6.42 Å². The number of hydrogen-bond acceptors (Lipinski definition) is 3. The van der Waals surface area contributed by atoms with E-state index in [9.17, 15) is 4.79 Å². The molecule has 1 unspecified atom stereocenters. The third-order valence-electron chi connectivity index (χ3n) is 2.47. The summed E-state index contributed by atoms with van der Waals surface area (Å²) in [6.07, 6.45) is 0.659. The number of carbonyl (C=O) groups is 1. The first-order valence-electron chi connectivity index (χ1n) is 4.67. The van der Waals surface area contributed by atoms with Crippen LogP contribution < -0.4 is 0 Å². The Bertz CT molecular complexity index is 184. The van der Waals surface area contributed by atoms with Crippen LogP contribution in [0.25, 0.3) is 0 Å². The van der Waals surface area contributed by atoms with Crippen molar-refractivity contribution in [3.05, 3.63) is 0 Å². The van der Waals surface area contributed by atoms with Gasteiger partial charge in [0, 0.05) is 33.1 Å². The standard InChI is InChI=1S/C9H18N2O2/c1-10(3-4-12)6-8-5-9(13)11(2)7-8/h8,12H,3-7H2,1-2H3. The molecule has 4 heteroatoms. The first-order chi connectivity index (χ1) is 6.13. The van der Waals surface area contributed by atoms with E-state index in [0.717, 1.165) is 13.1 Å². The summed E-state index contributed by atoms with van der Waals surface area (Å²) in [5.41, 5.74) is 0. The number of amides is 1. The maximum Gasteiger partial charge on any atom is 0.222 e. The smallest absolute Gasteiger partial charge is 0.222 e. The Kier molecular flexibility index (Phi) is 3.69. The second kappa shape index (κ2) is 4.58. The van der Waals surface area contributed by atoms with E-state index < -0.39 is 0 Å². The number of likely N-dealkylation sites (N-methyl/N-ethyl adjacent to an activating group) is 1. The summed E-state index contributed by atoms with van der Waals surface area (Å²) in [5.74, 6) is 0.677. The fourth-order valence-corrected chi connectivity index (χ4v) is 1.78. The van der Waals surface area contributed by atoms with E-state index in [1.54, 1.807) is 4.90 Å². The molecule has 1 amide bonds. The van der Waals surface area contributed by atoms with Gasteiger partial charge >= 0.3 is 0 Å². The van der Waals surface area contributed by atoms with Crippen LogP contribution in [-0.4, -0.2) is 61.2 Å². The van der Waals surface area contributed by atoms with Gasteiger partial charge in [-0.2, -0.15) is 0 Å². The summed E-state index contributed by atoms with van der Waals surface area (Å²) in [4.78, 5) is 15.0. The zero-order chi connectivity index (χ0) is 9.84. The number of hydrogen-bond donors (Lipinski definition) is 1. The molecule has 1 fully saturated rings. The number of rotatable bonds is 4. The summed E-state index contributed by atoms with van der Waals surface area (Å²) in [5, 5.41) is 8.70. The highest BCUT2D eigenvalue weighted by Crippen LogP contribution is 2.16. The maximum atomic E-state index is 11.2. The van der Waals surface area contributed by atoms with Gasteiger partial charge in [0.05, 0.1) is 6.61 Å². The zero-order valence-electron chi connectivity index (χ0n) is 8.36. The second-order valence-corrected chi connectivity index (χ2v) is 3.83. The number of carbonyl (C=O) groups excluding carboxylic acids is 1. The van der Waals surface area contributed by atoms with Gasteiger partial charge in [-0.15, -0.1) is 0 Å². The van der Waals surface area contributed by atoms with E-state index >= 15 is 0 Å². The van der Waals surface area contributed by atoms with Crippen LogP contribution in [-0.2, 0) is 4.79 Å². The van der Waals surface area contributed by atoms with Gasteiger partial charge in [-0.25, -0.2) is 0 Å². The second-order valence-electron chi connectivity index (χ2n) is 3.83. The third kappa shape index (κ3) is 2.97. The van der Waals surface area contributed by atoms with Gasteiger partial charge in [0.25, 0.3) is 0 Å². The molecule has 0 aliphatic carbocycles. The Labute approximate surface area is 79.1 Å². The van der Waals surface area contributed by atoms with E-state index in [1.807, 2.05) is 14.1 Å². The third-order valence-corrected chi connectivity index (χ3v) is 2.47. The quantitative estimate of drug-likeness (QED) is 0.637. The summed E-state index contributed by atoms with van der Waals surface area (Å²) >= 11 is 0. The maximum absolute atomic E-state index is 11.2. The number of aliphatic hydroxyl groups excluding tert-OH is 1. The van der Waals surface area contributed by atoms with E-state index in [0.29, 0.717) is 18.9 Å². The highest BCUT2D eigenvalue weighted by molar-refractivity contribution is 5.78. The van der Waals surface area contributed by atoms with E-state index in [4.69, 9.17) is 5.11 Å². The van der Waals surface area contributed by atoms with E-state index in [1.165, 1.54) is 0 Å². The predicted octanol–water partition coefficient (Wildman–Crippen LogP) is -0.611. The largest absolute Gasteiger partial charge is 0.395 e. The van der Waals surface area contributed by atoms with Crippen molar-refractivity contribution in [2.75, 3.05) is 40.3 Å². The molecule has 76 valence electrons. The lowest BCUT2D eigenvalue weighted by molar-refractivity contribution is -0.126. The Balaban J connectivity index is 2.27. The van der Waals surface area contributed by atoms with Gasteiger partial charge in [0.15, 0.2) is 0 Å². The molecule has 1 atom stereocenters. The summed E-state index contributed by atoms with van der Waals surface area (Å²) < 4.78 is 0. The molecule has 1 aliphatic rings. The Morgan fingerprint density at radius 3 is 2.85 bits per heavy atom. The van der Waals surface area contributed by atoms with Crippen molar-refractivity contribution in [1.29, 1.82) is 0 Å². The summed E-state index contributed by atoms with van der Waals surface area (Å²) in [7, 11) is 3.81. The zero-order valence-corrected chi connectivity index (χ0v) is 8.36. The number of nitrogens with zero attached hydrogens (tertiary/aromatic N) is 2. The lowest BCUT2D eigenvalue weighted by Crippen LogP contribution is -2.29. The first kappa shape index (κ1) is 10.5. The monoisotopic (exact) mass is 186 g/mol. The minimum Gasteiger partial charge on any atom is -0.395 e. The lowest BCUT2D eigenvalue weighted by atomic mass is 10.1. The molecule has 0 bridgehead atoms. The summed E-state index contributed by atoms with van der Waals surface area (Å²) in [6.45, 7) is 2.63. The van der Waals surface area contributed by atoms with Crippen molar-refractivity contribution in [3.8, 4) is 0 Å². The Morgan fingerprint density at radius 2 is 2.38 bits per heavy atom. The number of aliphatic hydroxyl groups is 1. The molecule has 1 rings (SSSR count). The average Bonchev–Trinajstić information content (AvgIpc) is 2.31. The van der Waals surface area contributed by atoms with Crippen LogP contribution >= 0.6 is 0 Å². The van der Waals surface area contributed by atoms with Gasteiger partial charge in [0.2, 0.25) is 5.91 Å². The molecular weight excluding hydrogens is 168 g/mol. The average molecular weight is 186 g/mol. The van der Waals surface area contributed by atoms with Crippen molar-refractivity contribution in [3.63, 3.8) is 0 Å². The van der Waals surface area contributed by atoms with Gasteiger partial charge < -0.3 is 14.9 Å². The predicted molar refractivity (Wildman–Crippen MR) is 50.3 cm³/mol. The van der Waals surface area contributed by atoms with Gasteiger partial charge in [-0.3, -0.25) is 4.79 Å². The summed E-state index contributed by atoms with van der Waals surface area (Å²) in [6, 6.07) is 0. The Morgan fingerprint density at radius 1 is 1.69 bits per heavy atom. The van der Waals surface area contributed by atoms with Crippen molar-refractivity contribution < 1.29 is 9.90 Å². The van der Waals surface area contributed by atoms with Crippen molar-refractivity contribution in [2.24, 2.45) is 5.92 Å². The van der Waals surface area contributed by atoms with Gasteiger partial charge in [0.1, 0.15) is 0 Å². The van der Waals surface area contributed by atoms with E-state index in [2.05, 4.69) is 4.90 Å². The van der Waals surface area contributed by atoms with Gasteiger partial charge in [-0.05, 0) is 13.0 Å². The first-order valence-corrected chi connectivity index (χ1v) is 4.67. The minimum absolute atomic E-state index is 0.188. The molecule has 0 spiro atoms. The molecule has 0 aromatic carbocycles. The number of likely N-dealkylation sites (tertiary alicyclic amines) is 1. The van der Waals surface area contributed by atoms with Crippen LogP contribution in [0.5, 0.6) is 0 Å². The normalized spacial score (nSPS) is 23.2.